The minimum absolute atomic E-state index is 0.0543. The Kier molecular flexibility index (Phi) is 4.98. The van der Waals surface area contributed by atoms with E-state index in [1.54, 1.807) is 31.4 Å². The number of carbonyl (C=O) groups excluding carboxylic acids is 1. The van der Waals surface area contributed by atoms with Crippen molar-refractivity contribution in [2.45, 2.75) is 17.7 Å². The van der Waals surface area contributed by atoms with Crippen LogP contribution in [0.2, 0.25) is 0 Å². The Bertz CT molecular complexity index is 1170. The first-order chi connectivity index (χ1) is 14.0. The fourth-order valence-electron chi connectivity index (χ4n) is 3.34. The van der Waals surface area contributed by atoms with E-state index >= 15 is 0 Å². The van der Waals surface area contributed by atoms with Gasteiger partial charge in [-0.15, -0.1) is 0 Å². The summed E-state index contributed by atoms with van der Waals surface area (Å²) >= 11 is 0. The van der Waals surface area contributed by atoms with Gasteiger partial charge < -0.3 is 10.1 Å². The largest absolute Gasteiger partial charge is 0.496 e. The molecule has 0 bridgehead atoms. The number of para-hydroxylation sites is 1. The Morgan fingerprint density at radius 3 is 2.48 bits per heavy atom. The summed E-state index contributed by atoms with van der Waals surface area (Å²) in [6.07, 6.45) is 0.881. The molecule has 0 aromatic heterocycles. The SMILES string of the molecule is COc1ccccc1-c1ccc(NS(=O)(=O)c2ccc3c(c2)CCC(=O)N3)cc1. The number of ether oxygens (including phenoxy) is 1. The summed E-state index contributed by atoms with van der Waals surface area (Å²) in [6, 6.07) is 19.5. The van der Waals surface area contributed by atoms with E-state index in [0.29, 0.717) is 24.2 Å². The number of rotatable bonds is 5. The number of sulfonamides is 1. The fraction of sp³-hybridized carbons (Fsp3) is 0.136. The van der Waals surface area contributed by atoms with Crippen LogP contribution in [0.1, 0.15) is 12.0 Å². The summed E-state index contributed by atoms with van der Waals surface area (Å²) in [5.41, 5.74) is 3.81. The van der Waals surface area contributed by atoms with Crippen LogP contribution in [0, 0.1) is 0 Å². The van der Waals surface area contributed by atoms with Crippen LogP contribution in [0.15, 0.2) is 71.6 Å². The molecule has 1 amide bonds. The standard InChI is InChI=1S/C22H20N2O4S/c1-28-21-5-3-2-4-19(21)15-6-9-17(10-7-15)24-29(26,27)18-11-12-20-16(14-18)8-13-22(25)23-20/h2-7,9-12,14,24H,8,13H2,1H3,(H,23,25). The van der Waals surface area contributed by atoms with Crippen molar-refractivity contribution in [2.24, 2.45) is 0 Å². The molecule has 29 heavy (non-hydrogen) atoms. The maximum absolute atomic E-state index is 12.8. The lowest BCUT2D eigenvalue weighted by molar-refractivity contribution is -0.116. The van der Waals surface area contributed by atoms with Gasteiger partial charge in [0.25, 0.3) is 10.0 Å². The Balaban J connectivity index is 1.56. The molecule has 0 radical (unpaired) electrons. The summed E-state index contributed by atoms with van der Waals surface area (Å²) in [7, 11) is -2.12. The van der Waals surface area contributed by atoms with Crippen LogP contribution in [0.5, 0.6) is 5.75 Å². The molecule has 0 saturated heterocycles. The minimum Gasteiger partial charge on any atom is -0.496 e. The molecule has 3 aromatic carbocycles. The molecule has 6 nitrogen and oxygen atoms in total. The molecule has 1 heterocycles. The van der Waals surface area contributed by atoms with E-state index in [1.807, 2.05) is 36.4 Å². The van der Waals surface area contributed by atoms with E-state index in [-0.39, 0.29) is 10.8 Å². The van der Waals surface area contributed by atoms with Gasteiger partial charge in [0.1, 0.15) is 5.75 Å². The molecule has 148 valence electrons. The second kappa shape index (κ2) is 7.60. The van der Waals surface area contributed by atoms with Crippen LogP contribution < -0.4 is 14.8 Å². The summed E-state index contributed by atoms with van der Waals surface area (Å²) in [5, 5.41) is 2.75. The highest BCUT2D eigenvalue weighted by Crippen LogP contribution is 2.31. The van der Waals surface area contributed by atoms with Crippen molar-refractivity contribution in [1.82, 2.24) is 0 Å². The number of aryl methyl sites for hydroxylation is 1. The van der Waals surface area contributed by atoms with Crippen LogP contribution in [0.3, 0.4) is 0 Å². The van der Waals surface area contributed by atoms with Crippen molar-refractivity contribution in [2.75, 3.05) is 17.1 Å². The highest BCUT2D eigenvalue weighted by atomic mass is 32.2. The number of benzene rings is 3. The predicted molar refractivity (Wildman–Crippen MR) is 113 cm³/mol. The average molecular weight is 408 g/mol. The molecule has 7 heteroatoms. The molecule has 3 aromatic rings. The summed E-state index contributed by atoms with van der Waals surface area (Å²) in [6.45, 7) is 0. The maximum Gasteiger partial charge on any atom is 0.261 e. The van der Waals surface area contributed by atoms with E-state index in [0.717, 1.165) is 22.4 Å². The van der Waals surface area contributed by atoms with Gasteiger partial charge in [-0.25, -0.2) is 8.42 Å². The van der Waals surface area contributed by atoms with Gasteiger partial charge in [-0.1, -0.05) is 30.3 Å². The number of carbonyl (C=O) groups is 1. The zero-order valence-corrected chi connectivity index (χ0v) is 16.6. The quantitative estimate of drug-likeness (QED) is 0.667. The Morgan fingerprint density at radius 2 is 1.72 bits per heavy atom. The smallest absolute Gasteiger partial charge is 0.261 e. The number of hydrogen-bond donors (Lipinski definition) is 2. The van der Waals surface area contributed by atoms with Crippen LogP contribution in [-0.4, -0.2) is 21.4 Å². The molecule has 0 aliphatic carbocycles. The lowest BCUT2D eigenvalue weighted by Gasteiger charge is -2.18. The molecule has 1 aliphatic rings. The fourth-order valence-corrected chi connectivity index (χ4v) is 4.45. The molecule has 0 spiro atoms. The maximum atomic E-state index is 12.8. The summed E-state index contributed by atoms with van der Waals surface area (Å²) in [4.78, 5) is 11.6. The summed E-state index contributed by atoms with van der Waals surface area (Å²) < 4.78 is 33.6. The molecule has 4 rings (SSSR count). The monoisotopic (exact) mass is 408 g/mol. The first-order valence-corrected chi connectivity index (χ1v) is 10.6. The molecule has 2 N–H and O–H groups in total. The molecule has 1 aliphatic heterocycles. The number of anilines is 2. The van der Waals surface area contributed by atoms with E-state index < -0.39 is 10.0 Å². The van der Waals surface area contributed by atoms with E-state index in [1.165, 1.54) is 6.07 Å². The van der Waals surface area contributed by atoms with E-state index in [9.17, 15) is 13.2 Å². The van der Waals surface area contributed by atoms with Gasteiger partial charge >= 0.3 is 0 Å². The van der Waals surface area contributed by atoms with Gasteiger partial charge in [0.05, 0.1) is 12.0 Å². The van der Waals surface area contributed by atoms with Gasteiger partial charge in [0, 0.05) is 23.4 Å². The highest BCUT2D eigenvalue weighted by molar-refractivity contribution is 7.92. The molecule has 0 unspecified atom stereocenters. The first-order valence-electron chi connectivity index (χ1n) is 9.15. The number of fused-ring (bicyclic) bond motifs is 1. The van der Waals surface area contributed by atoms with Gasteiger partial charge in [0.2, 0.25) is 5.91 Å². The lowest BCUT2D eigenvalue weighted by Crippen LogP contribution is -2.20. The van der Waals surface area contributed by atoms with Crippen LogP contribution in [0.25, 0.3) is 11.1 Å². The zero-order valence-electron chi connectivity index (χ0n) is 15.8. The lowest BCUT2D eigenvalue weighted by atomic mass is 10.0. The average Bonchev–Trinajstić information content (AvgIpc) is 2.73. The molecular weight excluding hydrogens is 388 g/mol. The van der Waals surface area contributed by atoms with Crippen molar-refractivity contribution in [3.63, 3.8) is 0 Å². The van der Waals surface area contributed by atoms with Gasteiger partial charge in [-0.3, -0.25) is 9.52 Å². The third-order valence-corrected chi connectivity index (χ3v) is 6.22. The highest BCUT2D eigenvalue weighted by Gasteiger charge is 2.20. The molecule has 0 fully saturated rings. The number of nitrogens with one attached hydrogen (secondary N) is 2. The molecule has 0 atom stereocenters. The van der Waals surface area contributed by atoms with Crippen molar-refractivity contribution < 1.29 is 17.9 Å². The Labute approximate surface area is 169 Å². The predicted octanol–water partition coefficient (Wildman–Crippen LogP) is 4.05. The third-order valence-electron chi connectivity index (χ3n) is 4.84. The van der Waals surface area contributed by atoms with Crippen molar-refractivity contribution in [1.29, 1.82) is 0 Å². The molecular formula is C22H20N2O4S. The number of methoxy groups -OCH3 is 1. The van der Waals surface area contributed by atoms with Gasteiger partial charge in [0.15, 0.2) is 0 Å². The van der Waals surface area contributed by atoms with E-state index in [4.69, 9.17) is 4.74 Å². The minimum atomic E-state index is -3.74. The second-order valence-corrected chi connectivity index (χ2v) is 8.43. The van der Waals surface area contributed by atoms with Crippen LogP contribution >= 0.6 is 0 Å². The topological polar surface area (TPSA) is 84.5 Å². The van der Waals surface area contributed by atoms with Gasteiger partial charge in [-0.05, 0) is 53.9 Å². The first kappa shape index (κ1) is 19.0. The van der Waals surface area contributed by atoms with Crippen LogP contribution in [0.4, 0.5) is 11.4 Å². The Hall–Kier alpha value is -3.32. The zero-order chi connectivity index (χ0) is 20.4. The van der Waals surface area contributed by atoms with Crippen molar-refractivity contribution in [3.8, 4) is 16.9 Å². The third kappa shape index (κ3) is 3.95. The Morgan fingerprint density at radius 1 is 0.966 bits per heavy atom. The van der Waals surface area contributed by atoms with Gasteiger partial charge in [-0.2, -0.15) is 0 Å². The van der Waals surface area contributed by atoms with E-state index in [2.05, 4.69) is 10.0 Å². The summed E-state index contributed by atoms with van der Waals surface area (Å²) in [5.74, 6) is 0.698. The van der Waals surface area contributed by atoms with Crippen molar-refractivity contribution >= 4 is 27.3 Å². The molecule has 0 saturated carbocycles. The number of amides is 1. The normalized spacial score (nSPS) is 13.3. The second-order valence-electron chi connectivity index (χ2n) is 6.75. The number of hydrogen-bond acceptors (Lipinski definition) is 4. The van der Waals surface area contributed by atoms with Crippen molar-refractivity contribution in [3.05, 3.63) is 72.3 Å². The van der Waals surface area contributed by atoms with Crippen LogP contribution in [-0.2, 0) is 21.2 Å².